The van der Waals surface area contributed by atoms with Crippen molar-refractivity contribution in [3.05, 3.63) is 6.33 Å². The van der Waals surface area contributed by atoms with Crippen molar-refractivity contribution in [1.82, 2.24) is 20.2 Å². The number of aliphatic hydroxyl groups excluding tert-OH is 1. The van der Waals surface area contributed by atoms with Crippen molar-refractivity contribution < 1.29 is 5.11 Å². The molecule has 1 saturated carbocycles. The number of tetrazole rings is 1. The molecule has 0 amide bonds. The third kappa shape index (κ3) is 1.11. The van der Waals surface area contributed by atoms with Crippen LogP contribution >= 0.6 is 0 Å². The van der Waals surface area contributed by atoms with Crippen LogP contribution in [0.25, 0.3) is 0 Å². The molecule has 60 valence electrons. The molecule has 0 aromatic carbocycles. The number of rotatable bonds is 2. The molecule has 0 saturated heterocycles. The van der Waals surface area contributed by atoms with Gasteiger partial charge in [0.15, 0.2) is 6.33 Å². The number of hydrogen-bond acceptors (Lipinski definition) is 4. The summed E-state index contributed by atoms with van der Waals surface area (Å²) in [7, 11) is 0. The Balaban J connectivity index is 1.92. The first-order chi connectivity index (χ1) is 5.40. The number of aliphatic hydroxyl groups is 1. The first-order valence-electron chi connectivity index (χ1n) is 3.73. The van der Waals surface area contributed by atoms with Gasteiger partial charge in [-0.2, -0.15) is 4.80 Å². The molecule has 0 atom stereocenters. The molecule has 0 spiro atoms. The lowest BCUT2D eigenvalue weighted by atomic mass is 9.81. The van der Waals surface area contributed by atoms with Crippen LogP contribution in [0.5, 0.6) is 0 Å². The van der Waals surface area contributed by atoms with Crippen molar-refractivity contribution in [3.8, 4) is 0 Å². The van der Waals surface area contributed by atoms with Crippen molar-refractivity contribution in [2.45, 2.75) is 18.9 Å². The van der Waals surface area contributed by atoms with Gasteiger partial charge in [-0.3, -0.25) is 0 Å². The summed E-state index contributed by atoms with van der Waals surface area (Å²) >= 11 is 0. The van der Waals surface area contributed by atoms with E-state index in [4.69, 9.17) is 5.11 Å². The van der Waals surface area contributed by atoms with Crippen LogP contribution in [-0.4, -0.2) is 31.9 Å². The maximum atomic E-state index is 8.74. The standard InChI is InChI=1S/C6H10N4O/c11-3-5-1-6(2-5)10-8-4-7-9-10/h4-6,11H,1-3H2. The van der Waals surface area contributed by atoms with Crippen molar-refractivity contribution in [2.24, 2.45) is 5.92 Å². The summed E-state index contributed by atoms with van der Waals surface area (Å²) in [5, 5.41) is 20.1. The third-order valence-electron chi connectivity index (χ3n) is 2.16. The number of nitrogens with zero attached hydrogens (tertiary/aromatic N) is 4. The predicted octanol–water partition coefficient (Wildman–Crippen LogP) is -0.383. The molecule has 0 radical (unpaired) electrons. The van der Waals surface area contributed by atoms with Gasteiger partial charge in [0.25, 0.3) is 0 Å². The van der Waals surface area contributed by atoms with Crippen LogP contribution in [0.2, 0.25) is 0 Å². The van der Waals surface area contributed by atoms with Crippen LogP contribution in [-0.2, 0) is 0 Å². The fraction of sp³-hybridized carbons (Fsp3) is 0.833. The molecular formula is C6H10N4O. The fourth-order valence-electron chi connectivity index (χ4n) is 1.38. The van der Waals surface area contributed by atoms with Gasteiger partial charge in [-0.15, -0.1) is 10.2 Å². The van der Waals surface area contributed by atoms with Gasteiger partial charge in [-0.05, 0) is 24.0 Å². The van der Waals surface area contributed by atoms with Gasteiger partial charge in [0.1, 0.15) is 0 Å². The lowest BCUT2D eigenvalue weighted by Gasteiger charge is -2.32. The molecule has 1 N–H and O–H groups in total. The second kappa shape index (κ2) is 2.58. The fourth-order valence-corrected chi connectivity index (χ4v) is 1.38. The highest BCUT2D eigenvalue weighted by atomic mass is 16.3. The van der Waals surface area contributed by atoms with Crippen molar-refractivity contribution in [1.29, 1.82) is 0 Å². The maximum absolute atomic E-state index is 8.74. The normalized spacial score (nSPS) is 29.9. The van der Waals surface area contributed by atoms with E-state index in [1.165, 1.54) is 6.33 Å². The molecule has 1 aliphatic carbocycles. The van der Waals surface area contributed by atoms with Crippen LogP contribution in [0.4, 0.5) is 0 Å². The van der Waals surface area contributed by atoms with E-state index in [-0.39, 0.29) is 6.61 Å². The molecular weight excluding hydrogens is 144 g/mol. The summed E-state index contributed by atoms with van der Waals surface area (Å²) in [4.78, 5) is 1.62. The van der Waals surface area contributed by atoms with E-state index < -0.39 is 0 Å². The molecule has 0 bridgehead atoms. The average Bonchev–Trinajstić information content (AvgIpc) is 2.37. The summed E-state index contributed by atoms with van der Waals surface area (Å²) in [6, 6.07) is 0.370. The number of hydrogen-bond donors (Lipinski definition) is 1. The van der Waals surface area contributed by atoms with Gasteiger partial charge in [0.05, 0.1) is 6.04 Å². The van der Waals surface area contributed by atoms with Gasteiger partial charge < -0.3 is 5.11 Å². The Morgan fingerprint density at radius 1 is 1.55 bits per heavy atom. The molecule has 1 aromatic heterocycles. The Morgan fingerprint density at radius 3 is 2.91 bits per heavy atom. The van der Waals surface area contributed by atoms with Crippen molar-refractivity contribution in [3.63, 3.8) is 0 Å². The van der Waals surface area contributed by atoms with Crippen LogP contribution in [0.15, 0.2) is 6.33 Å². The van der Waals surface area contributed by atoms with E-state index in [2.05, 4.69) is 15.4 Å². The second-order valence-electron chi connectivity index (χ2n) is 2.93. The minimum atomic E-state index is 0.283. The molecule has 1 fully saturated rings. The SMILES string of the molecule is OCC1CC(n2ncnn2)C1. The predicted molar refractivity (Wildman–Crippen MR) is 36.7 cm³/mol. The minimum Gasteiger partial charge on any atom is -0.396 e. The third-order valence-corrected chi connectivity index (χ3v) is 2.16. The minimum absolute atomic E-state index is 0.283. The maximum Gasteiger partial charge on any atom is 0.162 e. The molecule has 5 heteroatoms. The lowest BCUT2D eigenvalue weighted by Crippen LogP contribution is -2.30. The molecule has 11 heavy (non-hydrogen) atoms. The Hall–Kier alpha value is -0.970. The van der Waals surface area contributed by atoms with E-state index in [0.29, 0.717) is 12.0 Å². The first kappa shape index (κ1) is 6.72. The lowest BCUT2D eigenvalue weighted by molar-refractivity contribution is 0.0961. The van der Waals surface area contributed by atoms with Gasteiger partial charge in [0, 0.05) is 6.61 Å². The largest absolute Gasteiger partial charge is 0.396 e. The zero-order valence-electron chi connectivity index (χ0n) is 6.09. The molecule has 1 heterocycles. The second-order valence-corrected chi connectivity index (χ2v) is 2.93. The zero-order valence-corrected chi connectivity index (χ0v) is 6.09. The summed E-state index contributed by atoms with van der Waals surface area (Å²) in [6.45, 7) is 0.283. The Bertz CT molecular complexity index is 216. The van der Waals surface area contributed by atoms with Gasteiger partial charge >= 0.3 is 0 Å². The van der Waals surface area contributed by atoms with E-state index >= 15 is 0 Å². The smallest absolute Gasteiger partial charge is 0.162 e. The zero-order chi connectivity index (χ0) is 7.68. The monoisotopic (exact) mass is 154 g/mol. The Kier molecular flexibility index (Phi) is 1.58. The first-order valence-corrected chi connectivity index (χ1v) is 3.73. The molecule has 1 aromatic rings. The van der Waals surface area contributed by atoms with Crippen molar-refractivity contribution in [2.75, 3.05) is 6.61 Å². The van der Waals surface area contributed by atoms with Gasteiger partial charge in [-0.1, -0.05) is 0 Å². The van der Waals surface area contributed by atoms with Gasteiger partial charge in [-0.25, -0.2) is 0 Å². The highest BCUT2D eigenvalue weighted by Gasteiger charge is 2.31. The van der Waals surface area contributed by atoms with E-state index in [9.17, 15) is 0 Å². The van der Waals surface area contributed by atoms with E-state index in [0.717, 1.165) is 12.8 Å². The molecule has 1 aliphatic rings. The van der Waals surface area contributed by atoms with Crippen LogP contribution in [0.3, 0.4) is 0 Å². The van der Waals surface area contributed by atoms with E-state index in [1.54, 1.807) is 4.80 Å². The quantitative estimate of drug-likeness (QED) is 0.630. The highest BCUT2D eigenvalue weighted by Crippen LogP contribution is 2.35. The van der Waals surface area contributed by atoms with Crippen LogP contribution in [0.1, 0.15) is 18.9 Å². The molecule has 2 rings (SSSR count). The summed E-state index contributed by atoms with van der Waals surface area (Å²) in [5.74, 6) is 0.450. The van der Waals surface area contributed by atoms with Gasteiger partial charge in [0.2, 0.25) is 0 Å². The molecule has 0 unspecified atom stereocenters. The summed E-state index contributed by atoms with van der Waals surface area (Å²) in [6.07, 6.45) is 3.39. The highest BCUT2D eigenvalue weighted by molar-refractivity contribution is 4.80. The summed E-state index contributed by atoms with van der Waals surface area (Å²) < 4.78 is 0. The molecule has 5 nitrogen and oxygen atoms in total. The number of aromatic nitrogens is 4. The van der Waals surface area contributed by atoms with Crippen molar-refractivity contribution >= 4 is 0 Å². The molecule has 0 aliphatic heterocycles. The average molecular weight is 154 g/mol. The van der Waals surface area contributed by atoms with E-state index in [1.807, 2.05) is 0 Å². The van der Waals surface area contributed by atoms with Crippen LogP contribution in [0, 0.1) is 5.92 Å². The summed E-state index contributed by atoms with van der Waals surface area (Å²) in [5.41, 5.74) is 0. The Morgan fingerprint density at radius 2 is 2.36 bits per heavy atom. The van der Waals surface area contributed by atoms with Crippen LogP contribution < -0.4 is 0 Å². The Labute approximate surface area is 64.0 Å². The topological polar surface area (TPSA) is 63.8 Å².